The predicted octanol–water partition coefficient (Wildman–Crippen LogP) is 4.07. The smallest absolute Gasteiger partial charge is 0.258 e. The highest BCUT2D eigenvalue weighted by Crippen LogP contribution is 2.33. The maximum absolute atomic E-state index is 13.3. The number of ether oxygens (including phenoxy) is 1. The van der Waals surface area contributed by atoms with Gasteiger partial charge in [0.15, 0.2) is 0 Å². The van der Waals surface area contributed by atoms with Crippen LogP contribution in [0.2, 0.25) is 0 Å². The van der Waals surface area contributed by atoms with E-state index >= 15 is 0 Å². The summed E-state index contributed by atoms with van der Waals surface area (Å²) in [7, 11) is 5.70. The van der Waals surface area contributed by atoms with Crippen LogP contribution in [0.4, 0.5) is 11.4 Å². The van der Waals surface area contributed by atoms with E-state index in [0.717, 1.165) is 73.7 Å². The Labute approximate surface area is 174 Å². The van der Waals surface area contributed by atoms with Crippen LogP contribution in [0.1, 0.15) is 35.7 Å². The summed E-state index contributed by atoms with van der Waals surface area (Å²) in [6.07, 6.45) is 3.14. The monoisotopic (exact) mass is 395 g/mol. The van der Waals surface area contributed by atoms with E-state index in [2.05, 4.69) is 35.9 Å². The Balaban J connectivity index is 1.86. The van der Waals surface area contributed by atoms with Gasteiger partial charge in [-0.2, -0.15) is 0 Å². The minimum absolute atomic E-state index is 0.0335. The summed E-state index contributed by atoms with van der Waals surface area (Å²) in [6, 6.07) is 14.0. The molecule has 1 fully saturated rings. The molecule has 0 spiro atoms. The Bertz CT molecular complexity index is 829. The molecular formula is C24H33N3O2. The normalized spacial score (nSPS) is 14.7. The van der Waals surface area contributed by atoms with Crippen LogP contribution >= 0.6 is 0 Å². The third kappa shape index (κ3) is 4.91. The molecule has 5 nitrogen and oxygen atoms in total. The number of benzene rings is 2. The summed E-state index contributed by atoms with van der Waals surface area (Å²) in [4.78, 5) is 19.7. The van der Waals surface area contributed by atoms with E-state index in [1.165, 1.54) is 0 Å². The van der Waals surface area contributed by atoms with Crippen LogP contribution < -0.4 is 14.5 Å². The molecule has 0 bridgehead atoms. The summed E-state index contributed by atoms with van der Waals surface area (Å²) < 4.78 is 5.61. The van der Waals surface area contributed by atoms with Crippen molar-refractivity contribution in [1.82, 2.24) is 4.90 Å². The van der Waals surface area contributed by atoms with Crippen molar-refractivity contribution in [3.8, 4) is 5.75 Å². The van der Waals surface area contributed by atoms with Gasteiger partial charge in [0.2, 0.25) is 0 Å². The fraction of sp³-hybridized carbons (Fsp3) is 0.458. The summed E-state index contributed by atoms with van der Waals surface area (Å²) in [5, 5.41) is 0. The number of nitrogens with zero attached hydrogens (tertiary/aromatic N) is 3. The van der Waals surface area contributed by atoms with Crippen LogP contribution in [-0.4, -0.2) is 58.2 Å². The van der Waals surface area contributed by atoms with Crippen LogP contribution in [0.3, 0.4) is 0 Å². The van der Waals surface area contributed by atoms with Crippen LogP contribution in [-0.2, 0) is 6.42 Å². The number of piperazine rings is 1. The zero-order valence-electron chi connectivity index (χ0n) is 18.1. The van der Waals surface area contributed by atoms with Crippen molar-refractivity contribution < 1.29 is 9.53 Å². The molecule has 0 unspecified atom stereocenters. The van der Waals surface area contributed by atoms with Crippen molar-refractivity contribution in [2.75, 3.05) is 57.2 Å². The molecule has 1 saturated heterocycles. The predicted molar refractivity (Wildman–Crippen MR) is 120 cm³/mol. The topological polar surface area (TPSA) is 36.0 Å². The second kappa shape index (κ2) is 9.79. The van der Waals surface area contributed by atoms with Crippen molar-refractivity contribution in [1.29, 1.82) is 0 Å². The van der Waals surface area contributed by atoms with Gasteiger partial charge in [-0.1, -0.05) is 31.5 Å². The molecule has 1 aliphatic heterocycles. The summed E-state index contributed by atoms with van der Waals surface area (Å²) in [5.74, 6) is 0.883. The van der Waals surface area contributed by atoms with E-state index in [9.17, 15) is 4.79 Å². The molecule has 1 heterocycles. The van der Waals surface area contributed by atoms with Gasteiger partial charge in [-0.25, -0.2) is 0 Å². The Morgan fingerprint density at radius 2 is 1.83 bits per heavy atom. The van der Waals surface area contributed by atoms with E-state index in [1.54, 1.807) is 12.0 Å². The lowest BCUT2D eigenvalue weighted by atomic mass is 10.0. The number of carbonyl (C=O) groups excluding carboxylic acids is 1. The quantitative estimate of drug-likeness (QED) is 0.708. The van der Waals surface area contributed by atoms with Gasteiger partial charge >= 0.3 is 0 Å². The van der Waals surface area contributed by atoms with E-state index < -0.39 is 0 Å². The molecule has 156 valence electrons. The van der Waals surface area contributed by atoms with Gasteiger partial charge in [0, 0.05) is 44.5 Å². The molecule has 29 heavy (non-hydrogen) atoms. The number of likely N-dealkylation sites (N-methyl/N-ethyl adjacent to an activating group) is 1. The second-order valence-electron chi connectivity index (χ2n) is 7.77. The number of hydrogen-bond donors (Lipinski definition) is 0. The lowest BCUT2D eigenvalue weighted by molar-refractivity contribution is 0.0992. The highest BCUT2D eigenvalue weighted by molar-refractivity contribution is 6.07. The molecule has 0 N–H and O–H groups in total. The molecule has 0 saturated carbocycles. The molecule has 0 aliphatic carbocycles. The number of methoxy groups -OCH3 is 1. The maximum atomic E-state index is 13.3. The van der Waals surface area contributed by atoms with Gasteiger partial charge in [-0.05, 0) is 49.7 Å². The molecule has 5 heteroatoms. The van der Waals surface area contributed by atoms with Gasteiger partial charge < -0.3 is 19.4 Å². The van der Waals surface area contributed by atoms with Crippen LogP contribution in [0.5, 0.6) is 5.75 Å². The third-order valence-electron chi connectivity index (χ3n) is 5.75. The molecule has 1 aliphatic rings. The first-order valence-corrected chi connectivity index (χ1v) is 10.5. The van der Waals surface area contributed by atoms with E-state index in [4.69, 9.17) is 4.74 Å². The largest absolute Gasteiger partial charge is 0.495 e. The summed E-state index contributed by atoms with van der Waals surface area (Å²) in [5.41, 5.74) is 3.85. The average Bonchev–Trinajstić information content (AvgIpc) is 2.77. The van der Waals surface area contributed by atoms with Gasteiger partial charge in [0.25, 0.3) is 5.91 Å². The zero-order chi connectivity index (χ0) is 20.8. The van der Waals surface area contributed by atoms with Gasteiger partial charge in [-0.15, -0.1) is 0 Å². The number of amides is 1. The number of hydrogen-bond acceptors (Lipinski definition) is 4. The maximum Gasteiger partial charge on any atom is 0.258 e. The summed E-state index contributed by atoms with van der Waals surface area (Å²) in [6.45, 7) is 6.12. The molecule has 0 radical (unpaired) electrons. The van der Waals surface area contributed by atoms with E-state index in [1.807, 2.05) is 37.4 Å². The molecular weight excluding hydrogens is 362 g/mol. The number of anilines is 2. The van der Waals surface area contributed by atoms with Crippen LogP contribution in [0, 0.1) is 0 Å². The van der Waals surface area contributed by atoms with Crippen molar-refractivity contribution in [3.63, 3.8) is 0 Å². The van der Waals surface area contributed by atoms with Crippen molar-refractivity contribution in [2.24, 2.45) is 0 Å². The van der Waals surface area contributed by atoms with Gasteiger partial charge in [-0.3, -0.25) is 4.79 Å². The highest BCUT2D eigenvalue weighted by Gasteiger charge is 2.21. The fourth-order valence-electron chi connectivity index (χ4n) is 3.79. The Morgan fingerprint density at radius 1 is 1.10 bits per heavy atom. The second-order valence-corrected chi connectivity index (χ2v) is 7.77. The minimum atomic E-state index is 0.0335. The first-order chi connectivity index (χ1) is 14.0. The molecule has 0 aromatic heterocycles. The number of carbonyl (C=O) groups is 1. The summed E-state index contributed by atoms with van der Waals surface area (Å²) >= 11 is 0. The standard InChI is InChI=1S/C24H33N3O2/c1-5-6-9-19-10-7-8-11-21(19)24(28)26(3)20-12-13-23(29-4)22(18-20)27-16-14-25(2)15-17-27/h7-8,10-13,18H,5-6,9,14-17H2,1-4H3. The molecule has 1 amide bonds. The SMILES string of the molecule is CCCCc1ccccc1C(=O)N(C)c1ccc(OC)c(N2CCN(C)CC2)c1. The average molecular weight is 396 g/mol. The van der Waals surface area contributed by atoms with Gasteiger partial charge in [0.05, 0.1) is 12.8 Å². The Hall–Kier alpha value is -2.53. The number of unbranched alkanes of at least 4 members (excludes halogenated alkanes) is 1. The highest BCUT2D eigenvalue weighted by atomic mass is 16.5. The first kappa shape index (κ1) is 21.2. The third-order valence-corrected chi connectivity index (χ3v) is 5.75. The molecule has 2 aromatic rings. The lowest BCUT2D eigenvalue weighted by Gasteiger charge is -2.35. The van der Waals surface area contributed by atoms with Gasteiger partial charge in [0.1, 0.15) is 5.75 Å². The molecule has 2 aromatic carbocycles. The van der Waals surface area contributed by atoms with Crippen LogP contribution in [0.25, 0.3) is 0 Å². The first-order valence-electron chi connectivity index (χ1n) is 10.5. The molecule has 0 atom stereocenters. The van der Waals surface area contributed by atoms with Crippen LogP contribution in [0.15, 0.2) is 42.5 Å². The lowest BCUT2D eigenvalue weighted by Crippen LogP contribution is -2.44. The molecule has 3 rings (SSSR count). The number of rotatable bonds is 7. The van der Waals surface area contributed by atoms with Crippen molar-refractivity contribution in [3.05, 3.63) is 53.6 Å². The zero-order valence-corrected chi connectivity index (χ0v) is 18.1. The Morgan fingerprint density at radius 3 is 2.52 bits per heavy atom. The van der Waals surface area contributed by atoms with Crippen molar-refractivity contribution >= 4 is 17.3 Å². The number of aryl methyl sites for hydroxylation is 1. The fourth-order valence-corrected chi connectivity index (χ4v) is 3.79. The van der Waals surface area contributed by atoms with Crippen molar-refractivity contribution in [2.45, 2.75) is 26.2 Å². The Kier molecular flexibility index (Phi) is 7.15. The van der Waals surface area contributed by atoms with E-state index in [0.29, 0.717) is 0 Å². The van der Waals surface area contributed by atoms with E-state index in [-0.39, 0.29) is 5.91 Å². The minimum Gasteiger partial charge on any atom is -0.495 e.